The van der Waals surface area contributed by atoms with E-state index in [9.17, 15) is 0 Å². The van der Waals surface area contributed by atoms with Crippen molar-refractivity contribution in [2.75, 3.05) is 0 Å². The van der Waals surface area contributed by atoms with Gasteiger partial charge in [-0.3, -0.25) is 4.98 Å². The zero-order valence-electron chi connectivity index (χ0n) is 11.6. The molecule has 3 saturated carbocycles. The summed E-state index contributed by atoms with van der Waals surface area (Å²) in [6.07, 6.45) is 9.58. The van der Waals surface area contributed by atoms with E-state index >= 15 is 0 Å². The van der Waals surface area contributed by atoms with E-state index in [4.69, 9.17) is 11.6 Å². The van der Waals surface area contributed by atoms with Crippen molar-refractivity contribution in [2.45, 2.75) is 24.8 Å². The monoisotopic (exact) mass is 374 g/mol. The smallest absolute Gasteiger partial charge is 0.224 e. The molecule has 110 valence electrons. The third kappa shape index (κ3) is 1.66. The molecule has 3 heterocycles. The first-order valence-corrected chi connectivity index (χ1v) is 8.48. The van der Waals surface area contributed by atoms with E-state index in [2.05, 4.69) is 41.6 Å². The maximum Gasteiger partial charge on any atom is 0.224 e. The van der Waals surface area contributed by atoms with Gasteiger partial charge in [-0.1, -0.05) is 0 Å². The molecule has 3 fully saturated rings. The summed E-state index contributed by atoms with van der Waals surface area (Å²) in [6.45, 7) is 0. The van der Waals surface area contributed by atoms with Gasteiger partial charge in [0.1, 0.15) is 5.65 Å². The minimum absolute atomic E-state index is 0.258. The normalized spacial score (nSPS) is 25.8. The van der Waals surface area contributed by atoms with Crippen molar-refractivity contribution < 1.29 is 0 Å². The zero-order valence-corrected chi connectivity index (χ0v) is 14.0. The summed E-state index contributed by atoms with van der Waals surface area (Å²) in [4.78, 5) is 13.2. The van der Waals surface area contributed by atoms with Gasteiger partial charge in [0.2, 0.25) is 5.28 Å². The predicted molar refractivity (Wildman–Crippen MR) is 88.8 cm³/mol. The Hall–Kier alpha value is -1.46. The van der Waals surface area contributed by atoms with Gasteiger partial charge in [-0.25, -0.2) is 4.98 Å². The van der Waals surface area contributed by atoms with Crippen molar-refractivity contribution in [3.63, 3.8) is 0 Å². The quantitative estimate of drug-likeness (QED) is 0.623. The van der Waals surface area contributed by atoms with Gasteiger partial charge in [0.05, 0.1) is 5.69 Å². The van der Waals surface area contributed by atoms with Crippen LogP contribution in [0.25, 0.3) is 22.3 Å². The molecule has 22 heavy (non-hydrogen) atoms. The standard InChI is InChI=1S/C16H12BrClN4/c17-10-1-2-13(19-6-10)12-8-22(16-3-9(4-16)5-16)14-11(12)7-20-15(18)21-14/h1-2,6-9H,3-5H2. The Morgan fingerprint density at radius 2 is 2.00 bits per heavy atom. The molecule has 3 aliphatic rings. The van der Waals surface area contributed by atoms with Crippen molar-refractivity contribution in [1.29, 1.82) is 0 Å². The van der Waals surface area contributed by atoms with Crippen LogP contribution >= 0.6 is 27.5 Å². The fourth-order valence-corrected chi connectivity index (χ4v) is 4.18. The second-order valence-corrected chi connectivity index (χ2v) is 7.61. The summed E-state index contributed by atoms with van der Waals surface area (Å²) >= 11 is 9.46. The Morgan fingerprint density at radius 3 is 2.64 bits per heavy atom. The fourth-order valence-electron chi connectivity index (χ4n) is 3.81. The molecule has 0 aliphatic heterocycles. The number of rotatable bonds is 2. The van der Waals surface area contributed by atoms with Crippen LogP contribution in [0.3, 0.4) is 0 Å². The van der Waals surface area contributed by atoms with E-state index in [-0.39, 0.29) is 5.54 Å². The molecule has 2 bridgehead atoms. The summed E-state index contributed by atoms with van der Waals surface area (Å²) in [5, 5.41) is 1.32. The van der Waals surface area contributed by atoms with Crippen LogP contribution in [0.5, 0.6) is 0 Å². The first-order chi connectivity index (χ1) is 10.6. The van der Waals surface area contributed by atoms with E-state index in [1.807, 2.05) is 24.5 Å². The highest BCUT2D eigenvalue weighted by molar-refractivity contribution is 9.10. The Kier molecular flexibility index (Phi) is 2.54. The second-order valence-electron chi connectivity index (χ2n) is 6.35. The highest BCUT2D eigenvalue weighted by Crippen LogP contribution is 2.63. The molecule has 0 radical (unpaired) electrons. The number of fused-ring (bicyclic) bond motifs is 1. The first-order valence-electron chi connectivity index (χ1n) is 7.31. The summed E-state index contributed by atoms with van der Waals surface area (Å²) in [5.74, 6) is 0.906. The van der Waals surface area contributed by atoms with E-state index in [1.54, 1.807) is 0 Å². The van der Waals surface area contributed by atoms with Crippen LogP contribution in [-0.2, 0) is 5.54 Å². The lowest BCUT2D eigenvalue weighted by molar-refractivity contribution is -0.0858. The van der Waals surface area contributed by atoms with Crippen LogP contribution in [0.15, 0.2) is 35.2 Å². The largest absolute Gasteiger partial charge is 0.326 e. The number of hydrogen-bond acceptors (Lipinski definition) is 3. The molecule has 0 atom stereocenters. The zero-order chi connectivity index (χ0) is 14.9. The summed E-state index contributed by atoms with van der Waals surface area (Å²) < 4.78 is 3.29. The van der Waals surface area contributed by atoms with E-state index in [0.717, 1.165) is 32.7 Å². The maximum atomic E-state index is 6.03. The summed E-state index contributed by atoms with van der Waals surface area (Å²) in [5.41, 5.74) is 3.19. The van der Waals surface area contributed by atoms with Gasteiger partial charge >= 0.3 is 0 Å². The van der Waals surface area contributed by atoms with E-state index < -0.39 is 0 Å². The van der Waals surface area contributed by atoms with Crippen LogP contribution in [0.4, 0.5) is 0 Å². The van der Waals surface area contributed by atoms with Crippen molar-refractivity contribution in [3.05, 3.63) is 40.5 Å². The van der Waals surface area contributed by atoms with E-state index in [0.29, 0.717) is 5.28 Å². The van der Waals surface area contributed by atoms with Gasteiger partial charge in [-0.2, -0.15) is 4.98 Å². The predicted octanol–water partition coefficient (Wildman–Crippen LogP) is 4.42. The van der Waals surface area contributed by atoms with Gasteiger partial charge in [-0.15, -0.1) is 0 Å². The molecule has 0 amide bonds. The molecular weight excluding hydrogens is 364 g/mol. The van der Waals surface area contributed by atoms with Gasteiger partial charge in [-0.05, 0) is 64.8 Å². The van der Waals surface area contributed by atoms with Crippen LogP contribution in [-0.4, -0.2) is 19.5 Å². The lowest BCUT2D eigenvalue weighted by Gasteiger charge is -2.62. The molecule has 6 rings (SSSR count). The molecule has 0 N–H and O–H groups in total. The van der Waals surface area contributed by atoms with Gasteiger partial charge in [0.25, 0.3) is 0 Å². The molecular formula is C16H12BrClN4. The average Bonchev–Trinajstić information content (AvgIpc) is 2.75. The van der Waals surface area contributed by atoms with E-state index in [1.165, 1.54) is 19.3 Å². The molecule has 3 aromatic rings. The fraction of sp³-hybridized carbons (Fsp3) is 0.312. The van der Waals surface area contributed by atoms with Crippen LogP contribution in [0, 0.1) is 5.92 Å². The second kappa shape index (κ2) is 4.30. The van der Waals surface area contributed by atoms with Gasteiger partial charge in [0, 0.05) is 39.6 Å². The molecule has 0 unspecified atom stereocenters. The number of nitrogens with zero attached hydrogens (tertiary/aromatic N) is 4. The summed E-state index contributed by atoms with van der Waals surface area (Å²) in [7, 11) is 0. The van der Waals surface area contributed by atoms with Crippen LogP contribution < -0.4 is 0 Å². The molecule has 0 spiro atoms. The van der Waals surface area contributed by atoms with Crippen LogP contribution in [0.1, 0.15) is 19.3 Å². The number of halogens is 2. The Morgan fingerprint density at radius 1 is 1.18 bits per heavy atom. The first kappa shape index (κ1) is 13.0. The Balaban J connectivity index is 1.76. The molecule has 6 heteroatoms. The average molecular weight is 376 g/mol. The lowest BCUT2D eigenvalue weighted by Crippen LogP contribution is -2.59. The number of pyridine rings is 1. The molecule has 3 aromatic heterocycles. The van der Waals surface area contributed by atoms with Crippen molar-refractivity contribution >= 4 is 38.6 Å². The minimum atomic E-state index is 0.258. The van der Waals surface area contributed by atoms with Crippen molar-refractivity contribution in [2.24, 2.45) is 5.92 Å². The minimum Gasteiger partial charge on any atom is -0.326 e. The highest BCUT2D eigenvalue weighted by Gasteiger charge is 2.58. The van der Waals surface area contributed by atoms with Gasteiger partial charge in [0.15, 0.2) is 0 Å². The SMILES string of the molecule is Clc1ncc2c(-c3ccc(Br)cn3)cn(C34CC(C3)C4)c2n1. The highest BCUT2D eigenvalue weighted by atomic mass is 79.9. The molecule has 4 nitrogen and oxygen atoms in total. The topological polar surface area (TPSA) is 43.6 Å². The van der Waals surface area contributed by atoms with Gasteiger partial charge < -0.3 is 4.57 Å². The maximum absolute atomic E-state index is 6.03. The van der Waals surface area contributed by atoms with Crippen molar-refractivity contribution in [1.82, 2.24) is 19.5 Å². The van der Waals surface area contributed by atoms with Crippen LogP contribution in [0.2, 0.25) is 5.28 Å². The number of aromatic nitrogens is 4. The summed E-state index contributed by atoms with van der Waals surface area (Å²) in [6, 6.07) is 4.02. The number of hydrogen-bond donors (Lipinski definition) is 0. The Labute approximate surface area is 140 Å². The molecule has 0 saturated heterocycles. The lowest BCUT2D eigenvalue weighted by atomic mass is 9.49. The third-order valence-electron chi connectivity index (χ3n) is 5.04. The molecule has 0 aromatic carbocycles. The molecule has 3 aliphatic carbocycles. The van der Waals surface area contributed by atoms with Crippen molar-refractivity contribution in [3.8, 4) is 11.3 Å². The third-order valence-corrected chi connectivity index (χ3v) is 5.69. The Bertz CT molecular complexity index is 885.